The molecule has 1 amide bonds. The maximum atomic E-state index is 12.6. The van der Waals surface area contributed by atoms with Gasteiger partial charge in [-0.1, -0.05) is 51.8 Å². The Morgan fingerprint density at radius 3 is 2.32 bits per heavy atom. The van der Waals surface area contributed by atoms with Crippen molar-refractivity contribution in [2.75, 3.05) is 5.32 Å². The molecule has 3 aromatic rings. The van der Waals surface area contributed by atoms with Crippen LogP contribution in [0.25, 0.3) is 6.08 Å². The minimum atomic E-state index is -4.09. The Balaban J connectivity index is 1.88. The molecular weight excluding hydrogens is 480 g/mol. The fourth-order valence-electron chi connectivity index (χ4n) is 2.58. The molecule has 0 bridgehead atoms. The number of amides is 1. The number of carbonyl (C=O) groups is 1. The highest BCUT2D eigenvalue weighted by Gasteiger charge is 2.19. The van der Waals surface area contributed by atoms with Crippen LogP contribution in [-0.2, 0) is 14.9 Å². The predicted molar refractivity (Wildman–Crippen MR) is 122 cm³/mol. The summed E-state index contributed by atoms with van der Waals surface area (Å²) in [6.45, 7) is 1.85. The quantitative estimate of drug-likeness (QED) is 0.292. The van der Waals surface area contributed by atoms with Crippen molar-refractivity contribution >= 4 is 43.7 Å². The van der Waals surface area contributed by atoms with Gasteiger partial charge in [0.15, 0.2) is 0 Å². The lowest BCUT2D eigenvalue weighted by atomic mass is 10.1. The number of nitrogens with one attached hydrogen (secondary N) is 1. The Hall–Kier alpha value is -3.41. The molecule has 0 saturated carbocycles. The lowest BCUT2D eigenvalue weighted by molar-refractivity contribution is -0.112. The molecule has 0 aliphatic heterocycles. The van der Waals surface area contributed by atoms with E-state index in [0.717, 1.165) is 10.0 Å². The molecule has 0 aliphatic carbocycles. The summed E-state index contributed by atoms with van der Waals surface area (Å²) in [5.41, 5.74) is 1.51. The molecule has 0 fully saturated rings. The van der Waals surface area contributed by atoms with Gasteiger partial charge in [0, 0.05) is 15.7 Å². The van der Waals surface area contributed by atoms with E-state index in [9.17, 15) is 18.5 Å². The zero-order valence-electron chi connectivity index (χ0n) is 16.4. The highest BCUT2D eigenvalue weighted by Crippen LogP contribution is 2.25. The molecule has 0 aliphatic rings. The Morgan fingerprint density at radius 1 is 1.03 bits per heavy atom. The molecule has 0 atom stereocenters. The van der Waals surface area contributed by atoms with Gasteiger partial charge >= 0.3 is 10.1 Å². The Morgan fingerprint density at radius 2 is 1.68 bits per heavy atom. The van der Waals surface area contributed by atoms with E-state index in [4.69, 9.17) is 4.18 Å². The van der Waals surface area contributed by atoms with Crippen LogP contribution in [0.4, 0.5) is 5.69 Å². The number of hydrogen-bond acceptors (Lipinski definition) is 5. The van der Waals surface area contributed by atoms with E-state index in [1.807, 2.05) is 13.0 Å². The zero-order chi connectivity index (χ0) is 22.4. The van der Waals surface area contributed by atoms with Gasteiger partial charge in [0.25, 0.3) is 5.91 Å². The predicted octanol–water partition coefficient (Wildman–Crippen LogP) is 5.07. The average molecular weight is 497 g/mol. The fraction of sp³-hybridized carbons (Fsp3) is 0.0435. The van der Waals surface area contributed by atoms with Crippen LogP contribution in [0, 0.1) is 18.3 Å². The van der Waals surface area contributed by atoms with Crippen LogP contribution in [0.1, 0.15) is 11.1 Å². The summed E-state index contributed by atoms with van der Waals surface area (Å²) in [6, 6.07) is 21.2. The summed E-state index contributed by atoms with van der Waals surface area (Å²) >= 11 is 3.31. The van der Waals surface area contributed by atoms with Gasteiger partial charge in [-0.3, -0.25) is 4.79 Å². The Labute approximate surface area is 189 Å². The molecular formula is C23H17BrN2O4S. The van der Waals surface area contributed by atoms with Crippen LogP contribution < -0.4 is 9.50 Å². The first-order chi connectivity index (χ1) is 14.8. The maximum absolute atomic E-state index is 12.6. The normalized spacial score (nSPS) is 11.5. The van der Waals surface area contributed by atoms with Gasteiger partial charge in [-0.15, -0.1) is 0 Å². The van der Waals surface area contributed by atoms with E-state index in [1.54, 1.807) is 54.6 Å². The van der Waals surface area contributed by atoms with Crippen molar-refractivity contribution < 1.29 is 17.4 Å². The van der Waals surface area contributed by atoms with Crippen molar-refractivity contribution in [3.8, 4) is 11.8 Å². The van der Waals surface area contributed by atoms with Crippen LogP contribution >= 0.6 is 15.9 Å². The molecule has 0 unspecified atom stereocenters. The van der Waals surface area contributed by atoms with Gasteiger partial charge in [-0.2, -0.15) is 13.7 Å². The van der Waals surface area contributed by atoms with E-state index in [0.29, 0.717) is 5.69 Å². The molecule has 1 N–H and O–H groups in total. The number of halogens is 1. The third kappa shape index (κ3) is 5.81. The largest absolute Gasteiger partial charge is 0.378 e. The number of nitrogens with zero attached hydrogens (tertiary/aromatic N) is 1. The second kappa shape index (κ2) is 9.60. The SMILES string of the molecule is Cc1ccc(S(=O)(=O)Oc2ccccc2/C=C(/C#N)C(=O)Nc2ccc(Br)cc2)cc1. The topological polar surface area (TPSA) is 96.3 Å². The van der Waals surface area contributed by atoms with Crippen molar-refractivity contribution in [1.29, 1.82) is 5.26 Å². The number of nitriles is 1. The van der Waals surface area contributed by atoms with E-state index in [1.165, 1.54) is 24.3 Å². The number of anilines is 1. The molecule has 0 spiro atoms. The molecule has 3 aromatic carbocycles. The summed E-state index contributed by atoms with van der Waals surface area (Å²) in [5.74, 6) is -0.617. The van der Waals surface area contributed by atoms with Crippen molar-refractivity contribution in [1.82, 2.24) is 0 Å². The summed E-state index contributed by atoms with van der Waals surface area (Å²) < 4.78 is 31.4. The minimum absolute atomic E-state index is 0.00497. The first kappa shape index (κ1) is 22.3. The maximum Gasteiger partial charge on any atom is 0.339 e. The van der Waals surface area contributed by atoms with Crippen LogP contribution in [0.15, 0.2) is 87.7 Å². The van der Waals surface area contributed by atoms with Crippen molar-refractivity contribution in [2.24, 2.45) is 0 Å². The number of para-hydroxylation sites is 1. The Kier molecular flexibility index (Phi) is 6.90. The number of hydrogen-bond donors (Lipinski definition) is 1. The summed E-state index contributed by atoms with van der Waals surface area (Å²) in [7, 11) is -4.09. The number of carbonyl (C=O) groups excluding carboxylic acids is 1. The average Bonchev–Trinajstić information content (AvgIpc) is 2.74. The summed E-state index contributed by atoms with van der Waals surface area (Å²) in [6.07, 6.45) is 1.29. The van der Waals surface area contributed by atoms with Crippen LogP contribution in [0.5, 0.6) is 5.75 Å². The molecule has 0 aromatic heterocycles. The van der Waals surface area contributed by atoms with Crippen molar-refractivity contribution in [3.05, 3.63) is 94.0 Å². The molecule has 3 rings (SSSR count). The molecule has 0 radical (unpaired) electrons. The van der Waals surface area contributed by atoms with Gasteiger partial charge < -0.3 is 9.50 Å². The standard InChI is InChI=1S/C23H17BrN2O4S/c1-16-6-12-21(13-7-16)31(28,29)30-22-5-3-2-4-17(22)14-18(15-25)23(27)26-20-10-8-19(24)9-11-20/h2-14H,1H3,(H,26,27)/b18-14-. The van der Waals surface area contributed by atoms with Gasteiger partial charge in [0.1, 0.15) is 22.3 Å². The van der Waals surface area contributed by atoms with Crippen molar-refractivity contribution in [2.45, 2.75) is 11.8 Å². The molecule has 8 heteroatoms. The first-order valence-corrected chi connectivity index (χ1v) is 11.3. The third-order valence-corrected chi connectivity index (χ3v) is 5.97. The lowest BCUT2D eigenvalue weighted by Crippen LogP contribution is -2.14. The second-order valence-corrected chi connectivity index (χ2v) is 8.98. The molecule has 31 heavy (non-hydrogen) atoms. The van der Waals surface area contributed by atoms with Gasteiger partial charge in [-0.05, 0) is 55.5 Å². The van der Waals surface area contributed by atoms with E-state index < -0.39 is 16.0 Å². The van der Waals surface area contributed by atoms with E-state index >= 15 is 0 Å². The van der Waals surface area contributed by atoms with Crippen LogP contribution in [0.3, 0.4) is 0 Å². The van der Waals surface area contributed by atoms with Gasteiger partial charge in [-0.25, -0.2) is 0 Å². The van der Waals surface area contributed by atoms with Crippen LogP contribution in [0.2, 0.25) is 0 Å². The lowest BCUT2D eigenvalue weighted by Gasteiger charge is -2.10. The van der Waals surface area contributed by atoms with E-state index in [2.05, 4.69) is 21.2 Å². The fourth-order valence-corrected chi connectivity index (χ4v) is 3.80. The zero-order valence-corrected chi connectivity index (χ0v) is 18.8. The summed E-state index contributed by atoms with van der Waals surface area (Å²) in [4.78, 5) is 12.5. The number of benzene rings is 3. The monoisotopic (exact) mass is 496 g/mol. The molecule has 156 valence electrons. The van der Waals surface area contributed by atoms with Crippen molar-refractivity contribution in [3.63, 3.8) is 0 Å². The third-order valence-electron chi connectivity index (χ3n) is 4.20. The van der Waals surface area contributed by atoms with Crippen LogP contribution in [-0.4, -0.2) is 14.3 Å². The van der Waals surface area contributed by atoms with E-state index in [-0.39, 0.29) is 21.8 Å². The molecule has 6 nitrogen and oxygen atoms in total. The Bertz CT molecular complexity index is 1280. The first-order valence-electron chi connectivity index (χ1n) is 9.07. The highest BCUT2D eigenvalue weighted by atomic mass is 79.9. The van der Waals surface area contributed by atoms with Gasteiger partial charge in [0.05, 0.1) is 0 Å². The molecule has 0 heterocycles. The second-order valence-electron chi connectivity index (χ2n) is 6.52. The van der Waals surface area contributed by atoms with Gasteiger partial charge in [0.2, 0.25) is 0 Å². The smallest absolute Gasteiger partial charge is 0.339 e. The minimum Gasteiger partial charge on any atom is -0.378 e. The highest BCUT2D eigenvalue weighted by molar-refractivity contribution is 9.10. The number of aryl methyl sites for hydroxylation is 1. The number of rotatable bonds is 6. The summed E-state index contributed by atoms with van der Waals surface area (Å²) in [5, 5.41) is 12.1. The molecule has 0 saturated heterocycles.